The number of carbonyl (C=O) groups excluding carboxylic acids is 1. The van der Waals surface area contributed by atoms with Crippen molar-refractivity contribution in [2.45, 2.75) is 19.8 Å². The Balaban J connectivity index is 1.83. The molecule has 1 aromatic carbocycles. The lowest BCUT2D eigenvalue weighted by atomic mass is 10.1. The van der Waals surface area contributed by atoms with Crippen LogP contribution in [-0.2, 0) is 11.2 Å². The minimum Gasteiger partial charge on any atom is -0.399 e. The Morgan fingerprint density at radius 1 is 1.40 bits per heavy atom. The topological polar surface area (TPSA) is 49.6 Å². The van der Waals surface area contributed by atoms with Crippen LogP contribution in [0.1, 0.15) is 18.9 Å². The zero-order valence-electron chi connectivity index (χ0n) is 12.5. The zero-order valence-corrected chi connectivity index (χ0v) is 12.5. The molecule has 1 aliphatic rings. The first-order chi connectivity index (χ1) is 9.58. The number of likely N-dealkylation sites (tertiary alicyclic amines) is 1. The van der Waals surface area contributed by atoms with Crippen LogP contribution in [0.4, 0.5) is 5.69 Å². The van der Waals surface area contributed by atoms with Crippen molar-refractivity contribution in [3.05, 3.63) is 29.8 Å². The Hall–Kier alpha value is -1.55. The lowest BCUT2D eigenvalue weighted by Crippen LogP contribution is -2.32. The summed E-state index contributed by atoms with van der Waals surface area (Å²) >= 11 is 0. The second-order valence-electron chi connectivity index (χ2n) is 5.77. The van der Waals surface area contributed by atoms with Gasteiger partial charge in [-0.05, 0) is 43.6 Å². The number of carbonyl (C=O) groups is 1. The molecule has 4 nitrogen and oxygen atoms in total. The van der Waals surface area contributed by atoms with Gasteiger partial charge in [-0.2, -0.15) is 0 Å². The molecule has 2 rings (SSSR count). The molecule has 1 amide bonds. The van der Waals surface area contributed by atoms with Gasteiger partial charge in [-0.15, -0.1) is 0 Å². The van der Waals surface area contributed by atoms with Crippen LogP contribution in [0, 0.1) is 5.92 Å². The van der Waals surface area contributed by atoms with Crippen LogP contribution in [0.3, 0.4) is 0 Å². The van der Waals surface area contributed by atoms with Crippen molar-refractivity contribution >= 4 is 11.6 Å². The number of hydrogen-bond donors (Lipinski definition) is 1. The van der Waals surface area contributed by atoms with Gasteiger partial charge in [0, 0.05) is 25.3 Å². The van der Waals surface area contributed by atoms with Gasteiger partial charge in [0.2, 0.25) is 5.91 Å². The normalized spacial score (nSPS) is 18.8. The number of amides is 1. The summed E-state index contributed by atoms with van der Waals surface area (Å²) in [4.78, 5) is 16.6. The summed E-state index contributed by atoms with van der Waals surface area (Å²) in [6, 6.07) is 7.58. The van der Waals surface area contributed by atoms with Gasteiger partial charge >= 0.3 is 0 Å². The maximum Gasteiger partial charge on any atom is 0.226 e. The molecule has 1 heterocycles. The van der Waals surface area contributed by atoms with Crippen molar-refractivity contribution in [3.8, 4) is 0 Å². The highest BCUT2D eigenvalue weighted by molar-refractivity contribution is 5.79. The fraction of sp³-hybridized carbons (Fsp3) is 0.562. The molecule has 1 fully saturated rings. The monoisotopic (exact) mass is 275 g/mol. The van der Waals surface area contributed by atoms with Gasteiger partial charge in [0.05, 0.1) is 6.42 Å². The highest BCUT2D eigenvalue weighted by Gasteiger charge is 2.26. The van der Waals surface area contributed by atoms with Crippen molar-refractivity contribution in [3.63, 3.8) is 0 Å². The molecule has 1 unspecified atom stereocenters. The number of rotatable bonds is 5. The third-order valence-corrected chi connectivity index (χ3v) is 4.08. The van der Waals surface area contributed by atoms with Crippen molar-refractivity contribution in [1.29, 1.82) is 0 Å². The van der Waals surface area contributed by atoms with Crippen LogP contribution in [0.15, 0.2) is 24.3 Å². The number of nitrogens with zero attached hydrogens (tertiary/aromatic N) is 2. The molecule has 110 valence electrons. The van der Waals surface area contributed by atoms with Crippen molar-refractivity contribution in [2.75, 3.05) is 39.0 Å². The molecule has 0 saturated carbocycles. The fourth-order valence-corrected chi connectivity index (χ4v) is 2.70. The van der Waals surface area contributed by atoms with E-state index in [-0.39, 0.29) is 5.91 Å². The van der Waals surface area contributed by atoms with Crippen LogP contribution >= 0.6 is 0 Å². The molecule has 20 heavy (non-hydrogen) atoms. The second kappa shape index (κ2) is 6.75. The summed E-state index contributed by atoms with van der Waals surface area (Å²) in [6.07, 6.45) is 1.61. The predicted octanol–water partition coefficient (Wildman–Crippen LogP) is 1.61. The largest absolute Gasteiger partial charge is 0.399 e. The van der Waals surface area contributed by atoms with Gasteiger partial charge in [0.25, 0.3) is 0 Å². The van der Waals surface area contributed by atoms with Gasteiger partial charge in [-0.3, -0.25) is 4.79 Å². The van der Waals surface area contributed by atoms with Gasteiger partial charge in [-0.25, -0.2) is 0 Å². The van der Waals surface area contributed by atoms with Crippen LogP contribution < -0.4 is 5.73 Å². The van der Waals surface area contributed by atoms with Crippen LogP contribution in [0.2, 0.25) is 0 Å². The number of benzene rings is 1. The van der Waals surface area contributed by atoms with Crippen LogP contribution in [-0.4, -0.2) is 48.9 Å². The van der Waals surface area contributed by atoms with Gasteiger partial charge < -0.3 is 15.5 Å². The van der Waals surface area contributed by atoms with Crippen molar-refractivity contribution in [1.82, 2.24) is 9.80 Å². The van der Waals surface area contributed by atoms with E-state index >= 15 is 0 Å². The summed E-state index contributed by atoms with van der Waals surface area (Å²) in [5.74, 6) is 0.853. The molecule has 0 spiro atoms. The number of nitrogens with two attached hydrogens (primary N) is 1. The van der Waals surface area contributed by atoms with E-state index in [1.807, 2.05) is 29.2 Å². The summed E-state index contributed by atoms with van der Waals surface area (Å²) < 4.78 is 0. The van der Waals surface area contributed by atoms with Gasteiger partial charge in [0.1, 0.15) is 0 Å². The van der Waals surface area contributed by atoms with E-state index in [2.05, 4.69) is 18.9 Å². The van der Waals surface area contributed by atoms with Gasteiger partial charge in [-0.1, -0.05) is 19.1 Å². The number of anilines is 1. The SMILES string of the molecule is CCN(C)CC1CCN(C(=O)Cc2ccc(N)cc2)C1. The smallest absolute Gasteiger partial charge is 0.226 e. The maximum absolute atomic E-state index is 12.3. The molecule has 1 atom stereocenters. The molecule has 1 saturated heterocycles. The maximum atomic E-state index is 12.3. The highest BCUT2D eigenvalue weighted by atomic mass is 16.2. The summed E-state index contributed by atoms with van der Waals surface area (Å²) in [5, 5.41) is 0. The molecule has 0 aliphatic carbocycles. The predicted molar refractivity (Wildman–Crippen MR) is 82.4 cm³/mol. The number of nitrogen functional groups attached to an aromatic ring is 1. The van der Waals surface area contributed by atoms with E-state index < -0.39 is 0 Å². The number of hydrogen-bond acceptors (Lipinski definition) is 3. The second-order valence-corrected chi connectivity index (χ2v) is 5.77. The quantitative estimate of drug-likeness (QED) is 0.831. The summed E-state index contributed by atoms with van der Waals surface area (Å²) in [6.45, 7) is 6.12. The molecule has 0 radical (unpaired) electrons. The van der Waals surface area contributed by atoms with E-state index in [4.69, 9.17) is 5.73 Å². The Kier molecular flexibility index (Phi) is 5.01. The minimum absolute atomic E-state index is 0.233. The molecular weight excluding hydrogens is 250 g/mol. The lowest BCUT2D eigenvalue weighted by molar-refractivity contribution is -0.129. The molecule has 1 aliphatic heterocycles. The van der Waals surface area contributed by atoms with E-state index in [0.717, 1.165) is 43.9 Å². The van der Waals surface area contributed by atoms with Crippen LogP contribution in [0.25, 0.3) is 0 Å². The molecule has 2 N–H and O–H groups in total. The van der Waals surface area contributed by atoms with E-state index in [1.54, 1.807) is 0 Å². The molecule has 1 aromatic rings. The average molecular weight is 275 g/mol. The average Bonchev–Trinajstić information content (AvgIpc) is 2.89. The Morgan fingerprint density at radius 2 is 2.10 bits per heavy atom. The van der Waals surface area contributed by atoms with E-state index in [9.17, 15) is 4.79 Å². The highest BCUT2D eigenvalue weighted by Crippen LogP contribution is 2.18. The minimum atomic E-state index is 0.233. The molecular formula is C16H25N3O. The van der Waals surface area contributed by atoms with Crippen LogP contribution in [0.5, 0.6) is 0 Å². The van der Waals surface area contributed by atoms with Gasteiger partial charge in [0.15, 0.2) is 0 Å². The first-order valence-electron chi connectivity index (χ1n) is 7.39. The third kappa shape index (κ3) is 3.97. The zero-order chi connectivity index (χ0) is 14.5. The molecule has 0 bridgehead atoms. The molecule has 4 heteroatoms. The van der Waals surface area contributed by atoms with E-state index in [0.29, 0.717) is 12.3 Å². The standard InChI is InChI=1S/C16H25N3O/c1-3-18(2)11-14-8-9-19(12-14)16(20)10-13-4-6-15(17)7-5-13/h4-7,14H,3,8-12,17H2,1-2H3. The lowest BCUT2D eigenvalue weighted by Gasteiger charge is -2.20. The third-order valence-electron chi connectivity index (χ3n) is 4.08. The summed E-state index contributed by atoms with van der Waals surface area (Å²) in [5.41, 5.74) is 7.44. The van der Waals surface area contributed by atoms with E-state index in [1.165, 1.54) is 0 Å². The Labute approximate surface area is 121 Å². The summed E-state index contributed by atoms with van der Waals surface area (Å²) in [7, 11) is 2.14. The Bertz CT molecular complexity index is 444. The Morgan fingerprint density at radius 3 is 2.75 bits per heavy atom. The first-order valence-corrected chi connectivity index (χ1v) is 7.39. The van der Waals surface area contributed by atoms with Crippen molar-refractivity contribution < 1.29 is 4.79 Å². The molecule has 0 aromatic heterocycles. The van der Waals surface area contributed by atoms with Crippen molar-refractivity contribution in [2.24, 2.45) is 5.92 Å². The fourth-order valence-electron chi connectivity index (χ4n) is 2.70. The first kappa shape index (κ1) is 14.9.